The molecule has 0 aromatic heterocycles. The maximum absolute atomic E-state index is 12.0. The van der Waals surface area contributed by atoms with E-state index in [1.165, 1.54) is 0 Å². The van der Waals surface area contributed by atoms with Gasteiger partial charge in [-0.1, -0.05) is 17.7 Å². The monoisotopic (exact) mass is 298 g/mol. The molecule has 5 nitrogen and oxygen atoms in total. The molecule has 1 fully saturated rings. The second-order valence-electron chi connectivity index (χ2n) is 5.23. The van der Waals surface area contributed by atoms with Crippen molar-refractivity contribution < 1.29 is 12.6 Å². The van der Waals surface area contributed by atoms with Crippen LogP contribution in [0.2, 0.25) is 0 Å². The Morgan fingerprint density at radius 2 is 1.70 bits per heavy atom. The van der Waals surface area contributed by atoms with Crippen molar-refractivity contribution in [3.63, 3.8) is 0 Å². The number of benzene rings is 1. The zero-order valence-corrected chi connectivity index (χ0v) is 12.9. The van der Waals surface area contributed by atoms with Crippen molar-refractivity contribution in [3.05, 3.63) is 29.8 Å². The molecule has 1 aliphatic rings. The summed E-state index contributed by atoms with van der Waals surface area (Å²) in [6, 6.07) is 6.72. The van der Waals surface area contributed by atoms with Gasteiger partial charge in [0.2, 0.25) is 0 Å². The Balaban J connectivity index is 1.82. The summed E-state index contributed by atoms with van der Waals surface area (Å²) in [6.07, 6.45) is 0. The van der Waals surface area contributed by atoms with Gasteiger partial charge in [0, 0.05) is 32.7 Å². The Labute approximate surface area is 121 Å². The molecule has 2 rings (SSSR count). The van der Waals surface area contributed by atoms with Gasteiger partial charge in [0.05, 0.1) is 11.5 Å². The summed E-state index contributed by atoms with van der Waals surface area (Å²) < 4.78 is 29.1. The van der Waals surface area contributed by atoms with Crippen LogP contribution < -0.4 is 0 Å². The van der Waals surface area contributed by atoms with Gasteiger partial charge in [0.15, 0.2) is 0 Å². The van der Waals surface area contributed by atoms with Gasteiger partial charge in [0.25, 0.3) is 10.1 Å². The molecule has 1 aromatic rings. The molecule has 0 spiro atoms. The summed E-state index contributed by atoms with van der Waals surface area (Å²) in [5, 5.41) is 0. The molecule has 112 valence electrons. The highest BCUT2D eigenvalue weighted by atomic mass is 32.2. The first-order valence-electron chi connectivity index (χ1n) is 6.84. The zero-order valence-electron chi connectivity index (χ0n) is 12.1. The summed E-state index contributed by atoms with van der Waals surface area (Å²) in [7, 11) is -1.53. The molecule has 1 aromatic carbocycles. The van der Waals surface area contributed by atoms with E-state index in [2.05, 4.69) is 16.8 Å². The molecule has 1 aliphatic heterocycles. The van der Waals surface area contributed by atoms with E-state index in [9.17, 15) is 8.42 Å². The van der Waals surface area contributed by atoms with Gasteiger partial charge in [-0.3, -0.25) is 9.08 Å². The summed E-state index contributed by atoms with van der Waals surface area (Å²) in [5.41, 5.74) is 1.03. The molecule has 20 heavy (non-hydrogen) atoms. The first-order chi connectivity index (χ1) is 9.47. The maximum Gasteiger partial charge on any atom is 0.297 e. The van der Waals surface area contributed by atoms with Gasteiger partial charge in [-0.2, -0.15) is 8.42 Å². The fourth-order valence-corrected chi connectivity index (χ4v) is 3.02. The number of piperazine rings is 1. The van der Waals surface area contributed by atoms with Crippen molar-refractivity contribution >= 4 is 10.1 Å². The van der Waals surface area contributed by atoms with E-state index in [0.717, 1.165) is 31.7 Å². The molecule has 0 aliphatic carbocycles. The number of rotatable bonds is 5. The molecule has 0 saturated carbocycles. The molecule has 0 unspecified atom stereocenters. The summed E-state index contributed by atoms with van der Waals surface area (Å²) in [6.45, 7) is 6.74. The largest absolute Gasteiger partial charge is 0.304 e. The smallest absolute Gasteiger partial charge is 0.297 e. The molecular weight excluding hydrogens is 276 g/mol. The van der Waals surface area contributed by atoms with Gasteiger partial charge in [-0.25, -0.2) is 0 Å². The van der Waals surface area contributed by atoms with E-state index < -0.39 is 10.1 Å². The number of hydrogen-bond donors (Lipinski definition) is 0. The van der Waals surface area contributed by atoms with Gasteiger partial charge in [-0.15, -0.1) is 0 Å². The first kappa shape index (κ1) is 15.4. The van der Waals surface area contributed by atoms with E-state index in [-0.39, 0.29) is 11.5 Å². The number of aryl methyl sites for hydroxylation is 1. The van der Waals surface area contributed by atoms with Crippen LogP contribution in [-0.2, 0) is 14.3 Å². The van der Waals surface area contributed by atoms with Crippen molar-refractivity contribution in [2.75, 3.05) is 46.4 Å². The molecule has 0 N–H and O–H groups in total. The summed E-state index contributed by atoms with van der Waals surface area (Å²) in [4.78, 5) is 4.71. The lowest BCUT2D eigenvalue weighted by molar-refractivity contribution is 0.135. The van der Waals surface area contributed by atoms with Crippen LogP contribution >= 0.6 is 0 Å². The number of likely N-dealkylation sites (N-methyl/N-ethyl adjacent to an activating group) is 1. The quantitative estimate of drug-likeness (QED) is 0.758. The molecular formula is C14H22N2O3S. The summed E-state index contributed by atoms with van der Waals surface area (Å²) >= 11 is 0. The van der Waals surface area contributed by atoms with Crippen molar-refractivity contribution in [2.45, 2.75) is 11.8 Å². The van der Waals surface area contributed by atoms with Crippen LogP contribution in [0.1, 0.15) is 5.56 Å². The molecule has 0 bridgehead atoms. The van der Waals surface area contributed by atoms with Crippen molar-refractivity contribution in [3.8, 4) is 0 Å². The van der Waals surface area contributed by atoms with Crippen molar-refractivity contribution in [1.29, 1.82) is 0 Å². The van der Waals surface area contributed by atoms with Crippen LogP contribution in [0.5, 0.6) is 0 Å². The minimum atomic E-state index is -3.63. The van der Waals surface area contributed by atoms with Crippen LogP contribution in [0.3, 0.4) is 0 Å². The van der Waals surface area contributed by atoms with E-state index >= 15 is 0 Å². The normalized spacial score (nSPS) is 18.3. The third-order valence-electron chi connectivity index (χ3n) is 3.55. The van der Waals surface area contributed by atoms with Crippen LogP contribution in [0, 0.1) is 6.92 Å². The minimum absolute atomic E-state index is 0.208. The SMILES string of the molecule is Cc1ccc(S(=O)(=O)OCCN2CCN(C)CC2)cc1. The molecule has 1 heterocycles. The number of hydrogen-bond acceptors (Lipinski definition) is 5. The standard InChI is InChI=1S/C14H22N2O3S/c1-13-3-5-14(6-4-13)20(17,18)19-12-11-16-9-7-15(2)8-10-16/h3-6H,7-12H2,1-2H3. The molecule has 0 atom stereocenters. The van der Waals surface area contributed by atoms with E-state index in [4.69, 9.17) is 4.18 Å². The third kappa shape index (κ3) is 4.28. The highest BCUT2D eigenvalue weighted by Gasteiger charge is 2.17. The van der Waals surface area contributed by atoms with E-state index in [1.807, 2.05) is 6.92 Å². The highest BCUT2D eigenvalue weighted by molar-refractivity contribution is 7.86. The number of nitrogens with zero attached hydrogens (tertiary/aromatic N) is 2. The molecule has 0 radical (unpaired) electrons. The van der Waals surface area contributed by atoms with Crippen LogP contribution in [0.25, 0.3) is 0 Å². The second kappa shape index (κ2) is 6.67. The van der Waals surface area contributed by atoms with Crippen molar-refractivity contribution in [2.24, 2.45) is 0 Å². The van der Waals surface area contributed by atoms with Crippen LogP contribution in [0.4, 0.5) is 0 Å². The Morgan fingerprint density at radius 3 is 2.30 bits per heavy atom. The average molecular weight is 298 g/mol. The van der Waals surface area contributed by atoms with E-state index in [1.54, 1.807) is 24.3 Å². The predicted molar refractivity (Wildman–Crippen MR) is 78.3 cm³/mol. The van der Waals surface area contributed by atoms with E-state index in [0.29, 0.717) is 6.54 Å². The predicted octanol–water partition coefficient (Wildman–Crippen LogP) is 0.948. The fourth-order valence-electron chi connectivity index (χ4n) is 2.12. The average Bonchev–Trinajstić information content (AvgIpc) is 2.41. The second-order valence-corrected chi connectivity index (χ2v) is 6.85. The minimum Gasteiger partial charge on any atom is -0.304 e. The van der Waals surface area contributed by atoms with Gasteiger partial charge in [-0.05, 0) is 26.1 Å². The molecule has 1 saturated heterocycles. The van der Waals surface area contributed by atoms with Gasteiger partial charge < -0.3 is 4.90 Å². The van der Waals surface area contributed by atoms with Crippen LogP contribution in [0.15, 0.2) is 29.2 Å². The van der Waals surface area contributed by atoms with Crippen molar-refractivity contribution in [1.82, 2.24) is 9.80 Å². The zero-order chi connectivity index (χ0) is 14.6. The van der Waals surface area contributed by atoms with Gasteiger partial charge in [0.1, 0.15) is 0 Å². The van der Waals surface area contributed by atoms with Crippen LogP contribution in [-0.4, -0.2) is 64.6 Å². The fraction of sp³-hybridized carbons (Fsp3) is 0.571. The summed E-state index contributed by atoms with van der Waals surface area (Å²) in [5.74, 6) is 0. The maximum atomic E-state index is 12.0. The Kier molecular flexibility index (Phi) is 5.15. The van der Waals surface area contributed by atoms with Gasteiger partial charge >= 0.3 is 0 Å². The Bertz CT molecular complexity index is 520. The Morgan fingerprint density at radius 1 is 1.10 bits per heavy atom. The first-order valence-corrected chi connectivity index (χ1v) is 8.25. The molecule has 6 heteroatoms. The topological polar surface area (TPSA) is 49.9 Å². The third-order valence-corrected chi connectivity index (χ3v) is 4.88. The lowest BCUT2D eigenvalue weighted by Gasteiger charge is -2.32. The lowest BCUT2D eigenvalue weighted by atomic mass is 10.2. The highest BCUT2D eigenvalue weighted by Crippen LogP contribution is 2.13. The Hall–Kier alpha value is -0.950. The molecule has 0 amide bonds. The lowest BCUT2D eigenvalue weighted by Crippen LogP contribution is -2.45.